The van der Waals surface area contributed by atoms with Crippen LogP contribution >= 0.6 is 0 Å². The van der Waals surface area contributed by atoms with Crippen molar-refractivity contribution in [3.05, 3.63) is 59.8 Å². The Balaban J connectivity index is 1.32. The summed E-state index contributed by atoms with van der Waals surface area (Å²) in [5.41, 5.74) is 6.78. The fourth-order valence-corrected chi connectivity index (χ4v) is 4.26. The minimum atomic E-state index is -0.583. The Morgan fingerprint density at radius 1 is 1.06 bits per heavy atom. The van der Waals surface area contributed by atoms with Crippen molar-refractivity contribution >= 4 is 17.8 Å². The number of nitrogens with zero attached hydrogens (tertiary/aromatic N) is 3. The molecule has 162 valence electrons. The minimum Gasteiger partial charge on any atom is -0.474 e. The molecule has 0 bridgehead atoms. The van der Waals surface area contributed by atoms with E-state index in [-0.39, 0.29) is 42.1 Å². The van der Waals surface area contributed by atoms with Crippen molar-refractivity contribution in [3.63, 3.8) is 0 Å². The SMILES string of the molecule is NC(=O)c1cccnc1O[C@H]1CC[C@H](N2C(=O)CN(CCc3ccccc3)C2=O)CC1. The van der Waals surface area contributed by atoms with Crippen molar-refractivity contribution in [2.45, 2.75) is 44.2 Å². The third kappa shape index (κ3) is 4.68. The first-order valence-corrected chi connectivity index (χ1v) is 10.6. The van der Waals surface area contributed by atoms with E-state index >= 15 is 0 Å². The van der Waals surface area contributed by atoms with E-state index in [1.807, 2.05) is 30.3 Å². The summed E-state index contributed by atoms with van der Waals surface area (Å²) in [4.78, 5) is 44.2. The van der Waals surface area contributed by atoms with Crippen LogP contribution in [0.1, 0.15) is 41.6 Å². The van der Waals surface area contributed by atoms with Gasteiger partial charge < -0.3 is 15.4 Å². The Bertz CT molecular complexity index is 957. The van der Waals surface area contributed by atoms with Crippen LogP contribution in [0.2, 0.25) is 0 Å². The first-order chi connectivity index (χ1) is 15.0. The van der Waals surface area contributed by atoms with Crippen molar-refractivity contribution in [3.8, 4) is 5.88 Å². The average molecular weight is 422 g/mol. The highest BCUT2D eigenvalue weighted by Gasteiger charge is 2.41. The van der Waals surface area contributed by atoms with Crippen LogP contribution < -0.4 is 10.5 Å². The predicted octanol–water partition coefficient (Wildman–Crippen LogP) is 2.38. The normalized spacial score (nSPS) is 21.4. The number of primary amides is 1. The van der Waals surface area contributed by atoms with Crippen LogP contribution in [0.5, 0.6) is 5.88 Å². The molecule has 8 heteroatoms. The minimum absolute atomic E-state index is 0.124. The summed E-state index contributed by atoms with van der Waals surface area (Å²) in [6, 6.07) is 12.8. The number of benzene rings is 1. The second kappa shape index (κ2) is 9.16. The van der Waals surface area contributed by atoms with E-state index in [4.69, 9.17) is 10.5 Å². The van der Waals surface area contributed by atoms with Crippen molar-refractivity contribution < 1.29 is 19.1 Å². The van der Waals surface area contributed by atoms with Gasteiger partial charge in [0.15, 0.2) is 0 Å². The zero-order valence-electron chi connectivity index (χ0n) is 17.3. The Morgan fingerprint density at radius 2 is 1.81 bits per heavy atom. The van der Waals surface area contributed by atoms with E-state index in [2.05, 4.69) is 4.98 Å². The Labute approximate surface area is 181 Å². The van der Waals surface area contributed by atoms with Gasteiger partial charge in [-0.1, -0.05) is 30.3 Å². The van der Waals surface area contributed by atoms with Crippen LogP contribution in [0.25, 0.3) is 0 Å². The molecule has 4 rings (SSSR count). The van der Waals surface area contributed by atoms with Gasteiger partial charge in [0, 0.05) is 18.8 Å². The molecule has 2 aromatic rings. The van der Waals surface area contributed by atoms with Crippen molar-refractivity contribution in [2.75, 3.05) is 13.1 Å². The lowest BCUT2D eigenvalue weighted by Gasteiger charge is -2.33. The van der Waals surface area contributed by atoms with Gasteiger partial charge in [-0.25, -0.2) is 9.78 Å². The zero-order chi connectivity index (χ0) is 21.8. The second-order valence-electron chi connectivity index (χ2n) is 7.97. The third-order valence-electron chi connectivity index (χ3n) is 5.91. The van der Waals surface area contributed by atoms with Crippen LogP contribution in [0.4, 0.5) is 4.79 Å². The molecule has 0 radical (unpaired) electrons. The molecule has 1 aromatic carbocycles. The molecule has 2 heterocycles. The number of aromatic nitrogens is 1. The highest BCUT2D eigenvalue weighted by atomic mass is 16.5. The van der Waals surface area contributed by atoms with Gasteiger partial charge >= 0.3 is 6.03 Å². The Morgan fingerprint density at radius 3 is 2.52 bits per heavy atom. The lowest BCUT2D eigenvalue weighted by atomic mass is 9.92. The number of carbonyl (C=O) groups excluding carboxylic acids is 3. The molecule has 1 saturated carbocycles. The summed E-state index contributed by atoms with van der Waals surface area (Å²) in [6.07, 6.45) is 4.80. The lowest BCUT2D eigenvalue weighted by Crippen LogP contribution is -2.44. The van der Waals surface area contributed by atoms with E-state index in [1.165, 1.54) is 4.90 Å². The highest BCUT2D eigenvalue weighted by molar-refractivity contribution is 6.02. The molecular formula is C23H26N4O4. The topological polar surface area (TPSA) is 106 Å². The van der Waals surface area contributed by atoms with E-state index in [0.717, 1.165) is 12.0 Å². The quantitative estimate of drug-likeness (QED) is 0.690. The van der Waals surface area contributed by atoms with Crippen molar-refractivity contribution in [1.29, 1.82) is 0 Å². The number of urea groups is 1. The molecule has 4 amide bonds. The number of carbonyl (C=O) groups is 3. The zero-order valence-corrected chi connectivity index (χ0v) is 17.3. The highest BCUT2D eigenvalue weighted by Crippen LogP contribution is 2.29. The largest absolute Gasteiger partial charge is 0.474 e. The molecule has 1 aliphatic heterocycles. The molecule has 8 nitrogen and oxygen atoms in total. The van der Waals surface area contributed by atoms with Gasteiger partial charge in [-0.15, -0.1) is 0 Å². The average Bonchev–Trinajstić information content (AvgIpc) is 3.07. The standard InChI is InChI=1S/C23H26N4O4/c24-21(29)19-7-4-13-25-22(19)31-18-10-8-17(9-11-18)27-20(28)15-26(23(27)30)14-12-16-5-2-1-3-6-16/h1-7,13,17-18H,8-12,14-15H2,(H2,24,29)/t17-,18-. The molecule has 2 N–H and O–H groups in total. The maximum Gasteiger partial charge on any atom is 0.327 e. The Kier molecular flexibility index (Phi) is 6.16. The van der Waals surface area contributed by atoms with E-state index < -0.39 is 5.91 Å². The first kappa shape index (κ1) is 20.8. The summed E-state index contributed by atoms with van der Waals surface area (Å²) in [5.74, 6) is -0.484. The van der Waals surface area contributed by atoms with Crippen LogP contribution in [0.3, 0.4) is 0 Å². The number of hydrogen-bond donors (Lipinski definition) is 1. The number of imide groups is 1. The second-order valence-corrected chi connectivity index (χ2v) is 7.97. The summed E-state index contributed by atoms with van der Waals surface area (Å²) in [6.45, 7) is 0.664. The van der Waals surface area contributed by atoms with Gasteiger partial charge in [0.25, 0.3) is 11.8 Å². The number of nitrogens with two attached hydrogens (primary N) is 1. The molecule has 0 unspecified atom stereocenters. The predicted molar refractivity (Wildman–Crippen MR) is 113 cm³/mol. The summed E-state index contributed by atoms with van der Waals surface area (Å²) in [5, 5.41) is 0. The van der Waals surface area contributed by atoms with Gasteiger partial charge in [-0.05, 0) is 49.8 Å². The number of pyridine rings is 1. The molecule has 0 atom stereocenters. The first-order valence-electron chi connectivity index (χ1n) is 10.6. The number of rotatable bonds is 7. The summed E-state index contributed by atoms with van der Waals surface area (Å²) in [7, 11) is 0. The van der Waals surface area contributed by atoms with Crippen LogP contribution in [0, 0.1) is 0 Å². The number of amides is 4. The van der Waals surface area contributed by atoms with Gasteiger partial charge in [0.1, 0.15) is 18.2 Å². The fraction of sp³-hybridized carbons (Fsp3) is 0.391. The fourth-order valence-electron chi connectivity index (χ4n) is 4.26. The van der Waals surface area contributed by atoms with Gasteiger partial charge in [0.2, 0.25) is 5.88 Å². The van der Waals surface area contributed by atoms with Crippen LogP contribution in [-0.2, 0) is 11.2 Å². The molecule has 2 fully saturated rings. The smallest absolute Gasteiger partial charge is 0.327 e. The summed E-state index contributed by atoms with van der Waals surface area (Å²) >= 11 is 0. The van der Waals surface area contributed by atoms with Crippen molar-refractivity contribution in [2.24, 2.45) is 5.73 Å². The molecule has 0 spiro atoms. The van der Waals surface area contributed by atoms with Gasteiger partial charge in [-0.2, -0.15) is 0 Å². The molecular weight excluding hydrogens is 396 g/mol. The van der Waals surface area contributed by atoms with Crippen molar-refractivity contribution in [1.82, 2.24) is 14.8 Å². The molecule has 1 aromatic heterocycles. The third-order valence-corrected chi connectivity index (χ3v) is 5.91. The number of ether oxygens (including phenoxy) is 1. The van der Waals surface area contributed by atoms with Gasteiger partial charge in [0.05, 0.1) is 0 Å². The molecule has 1 saturated heterocycles. The number of hydrogen-bond acceptors (Lipinski definition) is 5. The lowest BCUT2D eigenvalue weighted by molar-refractivity contribution is -0.127. The Hall–Kier alpha value is -3.42. The van der Waals surface area contributed by atoms with E-state index in [0.29, 0.717) is 32.2 Å². The molecule has 31 heavy (non-hydrogen) atoms. The van der Waals surface area contributed by atoms with Crippen LogP contribution in [0.15, 0.2) is 48.7 Å². The summed E-state index contributed by atoms with van der Waals surface area (Å²) < 4.78 is 5.91. The molecule has 1 aliphatic carbocycles. The van der Waals surface area contributed by atoms with Crippen LogP contribution in [-0.4, -0.2) is 57.9 Å². The van der Waals surface area contributed by atoms with E-state index in [9.17, 15) is 14.4 Å². The maximum atomic E-state index is 12.9. The van der Waals surface area contributed by atoms with E-state index in [1.54, 1.807) is 23.2 Å². The maximum absolute atomic E-state index is 12.9. The van der Waals surface area contributed by atoms with Gasteiger partial charge in [-0.3, -0.25) is 14.5 Å². The monoisotopic (exact) mass is 422 g/mol. The molecule has 2 aliphatic rings.